The van der Waals surface area contributed by atoms with Gasteiger partial charge in [-0.2, -0.15) is 5.26 Å². The highest BCUT2D eigenvalue weighted by atomic mass is 79.9. The van der Waals surface area contributed by atoms with Crippen LogP contribution in [0.2, 0.25) is 0 Å². The van der Waals surface area contributed by atoms with Crippen LogP contribution in [0.25, 0.3) is 10.9 Å². The van der Waals surface area contributed by atoms with Crippen LogP contribution in [0.5, 0.6) is 5.75 Å². The number of aryl methyl sites for hydroxylation is 1. The molecule has 0 amide bonds. The second-order valence-electron chi connectivity index (χ2n) is 7.61. The highest BCUT2D eigenvalue weighted by molar-refractivity contribution is 9.10. The van der Waals surface area contributed by atoms with E-state index in [1.165, 1.54) is 18.5 Å². The molecule has 0 aliphatic carbocycles. The Hall–Kier alpha value is -3.55. The van der Waals surface area contributed by atoms with Gasteiger partial charge in [-0.25, -0.2) is 19.4 Å². The Bertz CT molecular complexity index is 1440. The zero-order chi connectivity index (χ0) is 25.5. The van der Waals surface area contributed by atoms with Crippen molar-refractivity contribution in [3.8, 4) is 11.8 Å². The first kappa shape index (κ1) is 26.1. The number of halogens is 3. The molecular weight excluding hydrogens is 579 g/mol. The molecule has 4 aromatic rings. The molecule has 7 nitrogen and oxygen atoms in total. The van der Waals surface area contributed by atoms with E-state index in [1.807, 2.05) is 49.3 Å². The first-order valence-electron chi connectivity index (χ1n) is 10.2. The summed E-state index contributed by atoms with van der Waals surface area (Å²) in [5, 5.41) is 22.2. The minimum absolute atomic E-state index is 0.0263. The molecule has 1 heterocycles. The fourth-order valence-electron chi connectivity index (χ4n) is 2.90. The van der Waals surface area contributed by atoms with Crippen LogP contribution in [0, 0.1) is 24.1 Å². The standard InChI is InChI=1S/C15H11BrFN3O.C10H10BrN3/c1-8-4-11(17)13(6-14(8)21)20-15-10-5-9(16)2-3-12(10)18-7-19-15;1-14(2)7-13-10-4-3-9(11)5-8(10)6-12/h2-7,21H,1H3,(H,18,19,20);3-5,7H,1-2H3. The largest absolute Gasteiger partial charge is 0.508 e. The summed E-state index contributed by atoms with van der Waals surface area (Å²) in [6.45, 7) is 1.64. The number of phenolic OH excluding ortho intramolecular Hbond substituents is 1. The average molecular weight is 600 g/mol. The highest BCUT2D eigenvalue weighted by Crippen LogP contribution is 2.30. The number of phenols is 1. The maximum absolute atomic E-state index is 14.0. The van der Waals surface area contributed by atoms with Gasteiger partial charge in [-0.1, -0.05) is 31.9 Å². The van der Waals surface area contributed by atoms with E-state index < -0.39 is 5.82 Å². The Labute approximate surface area is 219 Å². The maximum atomic E-state index is 14.0. The first-order valence-corrected chi connectivity index (χ1v) is 11.8. The molecule has 0 saturated carbocycles. The normalized spacial score (nSPS) is 10.5. The van der Waals surface area contributed by atoms with E-state index in [2.05, 4.69) is 58.2 Å². The summed E-state index contributed by atoms with van der Waals surface area (Å²) >= 11 is 6.69. The van der Waals surface area contributed by atoms with E-state index in [4.69, 9.17) is 5.26 Å². The average Bonchev–Trinajstić information content (AvgIpc) is 2.82. The maximum Gasteiger partial charge on any atom is 0.147 e. The summed E-state index contributed by atoms with van der Waals surface area (Å²) in [6, 6.07) is 15.7. The molecule has 2 N–H and O–H groups in total. The molecule has 0 aliphatic heterocycles. The van der Waals surface area contributed by atoms with Crippen LogP contribution in [0.1, 0.15) is 11.1 Å². The summed E-state index contributed by atoms with van der Waals surface area (Å²) in [5.74, 6) is 0.0500. The van der Waals surface area contributed by atoms with E-state index in [9.17, 15) is 9.50 Å². The number of nitriles is 1. The molecule has 0 atom stereocenters. The van der Waals surface area contributed by atoms with Gasteiger partial charge in [0.2, 0.25) is 0 Å². The summed E-state index contributed by atoms with van der Waals surface area (Å²) in [7, 11) is 3.77. The molecule has 0 spiro atoms. The van der Waals surface area contributed by atoms with Crippen molar-refractivity contribution in [3.05, 3.63) is 80.7 Å². The third kappa shape index (κ3) is 6.97. The lowest BCUT2D eigenvalue weighted by Gasteiger charge is -2.11. The smallest absolute Gasteiger partial charge is 0.147 e. The number of nitrogens with one attached hydrogen (secondary N) is 1. The Morgan fingerprint density at radius 1 is 1.09 bits per heavy atom. The number of rotatable bonds is 4. The Kier molecular flexibility index (Phi) is 8.73. The van der Waals surface area contributed by atoms with Crippen molar-refractivity contribution in [3.63, 3.8) is 0 Å². The van der Waals surface area contributed by atoms with Gasteiger partial charge in [-0.3, -0.25) is 0 Å². The van der Waals surface area contributed by atoms with Crippen molar-refractivity contribution in [2.45, 2.75) is 6.92 Å². The predicted molar refractivity (Wildman–Crippen MR) is 144 cm³/mol. The molecule has 1 aromatic heterocycles. The molecular formula is C25H21Br2FN6O. The van der Waals surface area contributed by atoms with Gasteiger partial charge in [0.25, 0.3) is 0 Å². The summed E-state index contributed by atoms with van der Waals surface area (Å²) < 4.78 is 15.7. The molecule has 10 heteroatoms. The third-order valence-corrected chi connectivity index (χ3v) is 5.63. The van der Waals surface area contributed by atoms with Crippen LogP contribution in [-0.4, -0.2) is 40.4 Å². The topological polar surface area (TPSA) is 97.4 Å². The van der Waals surface area contributed by atoms with Crippen LogP contribution >= 0.6 is 31.9 Å². The zero-order valence-electron chi connectivity index (χ0n) is 19.1. The lowest BCUT2D eigenvalue weighted by molar-refractivity contribution is 0.469. The number of hydrogen-bond acceptors (Lipinski definition) is 6. The number of nitrogens with zero attached hydrogens (tertiary/aromatic N) is 5. The lowest BCUT2D eigenvalue weighted by atomic mass is 10.2. The minimum atomic E-state index is -0.452. The van der Waals surface area contributed by atoms with Crippen LogP contribution in [0.4, 0.5) is 21.6 Å². The van der Waals surface area contributed by atoms with Crippen LogP contribution in [0.15, 0.2) is 68.8 Å². The Morgan fingerprint density at radius 3 is 2.51 bits per heavy atom. The van der Waals surface area contributed by atoms with Crippen LogP contribution < -0.4 is 5.32 Å². The van der Waals surface area contributed by atoms with Gasteiger partial charge in [0.05, 0.1) is 28.8 Å². The van der Waals surface area contributed by atoms with Crippen molar-refractivity contribution in [2.75, 3.05) is 19.4 Å². The first-order chi connectivity index (χ1) is 16.7. The Morgan fingerprint density at radius 2 is 1.80 bits per heavy atom. The van der Waals surface area contributed by atoms with Gasteiger partial charge in [-0.15, -0.1) is 0 Å². The van der Waals surface area contributed by atoms with Crippen LogP contribution in [0.3, 0.4) is 0 Å². The van der Waals surface area contributed by atoms with Crippen molar-refractivity contribution >= 4 is 66.3 Å². The predicted octanol–water partition coefficient (Wildman–Crippen LogP) is 6.83. The van der Waals surface area contributed by atoms with Gasteiger partial charge in [-0.05, 0) is 55.0 Å². The third-order valence-electron chi connectivity index (χ3n) is 4.64. The van der Waals surface area contributed by atoms with Gasteiger partial charge >= 0.3 is 0 Å². The molecule has 178 valence electrons. The van der Waals surface area contributed by atoms with Crippen LogP contribution in [-0.2, 0) is 0 Å². The number of aromatic hydroxyl groups is 1. The number of fused-ring (bicyclic) bond motifs is 1. The van der Waals surface area contributed by atoms with Gasteiger partial charge in [0, 0.05) is 34.5 Å². The van der Waals surface area contributed by atoms with E-state index in [1.54, 1.807) is 19.3 Å². The van der Waals surface area contributed by atoms with E-state index >= 15 is 0 Å². The molecule has 0 unspecified atom stereocenters. The van der Waals surface area contributed by atoms with Crippen molar-refractivity contribution < 1.29 is 9.50 Å². The quantitative estimate of drug-likeness (QED) is 0.197. The molecule has 4 rings (SSSR count). The van der Waals surface area contributed by atoms with E-state index in [0.29, 0.717) is 22.6 Å². The number of anilines is 2. The summed E-state index contributed by atoms with van der Waals surface area (Å²) in [4.78, 5) is 14.3. The molecule has 0 saturated heterocycles. The van der Waals surface area contributed by atoms with Crippen molar-refractivity contribution in [1.82, 2.24) is 14.9 Å². The van der Waals surface area contributed by atoms with Gasteiger partial charge < -0.3 is 15.3 Å². The second-order valence-corrected chi connectivity index (χ2v) is 9.44. The number of benzene rings is 3. The molecule has 0 fully saturated rings. The highest BCUT2D eigenvalue weighted by Gasteiger charge is 2.10. The van der Waals surface area contributed by atoms with Crippen molar-refractivity contribution in [2.24, 2.45) is 4.99 Å². The summed E-state index contributed by atoms with van der Waals surface area (Å²) in [5.41, 5.74) is 2.64. The number of aromatic nitrogens is 2. The molecule has 0 radical (unpaired) electrons. The SMILES string of the molecule is CN(C)C=Nc1ccc(Br)cc1C#N.Cc1cc(F)c(Nc2ncnc3ccc(Br)cc23)cc1O. The zero-order valence-corrected chi connectivity index (χ0v) is 22.3. The lowest BCUT2D eigenvalue weighted by Crippen LogP contribution is -2.07. The molecule has 3 aromatic carbocycles. The van der Waals surface area contributed by atoms with E-state index in [0.717, 1.165) is 19.8 Å². The number of hydrogen-bond donors (Lipinski definition) is 2. The van der Waals surface area contributed by atoms with E-state index in [-0.39, 0.29) is 11.4 Å². The Balaban J connectivity index is 0.000000214. The fourth-order valence-corrected chi connectivity index (χ4v) is 3.62. The minimum Gasteiger partial charge on any atom is -0.508 e. The molecule has 0 bridgehead atoms. The summed E-state index contributed by atoms with van der Waals surface area (Å²) in [6.07, 6.45) is 3.08. The van der Waals surface area contributed by atoms with Crippen molar-refractivity contribution in [1.29, 1.82) is 5.26 Å². The van der Waals surface area contributed by atoms with Gasteiger partial charge in [0.1, 0.15) is 29.8 Å². The number of aliphatic imine (C=N–C) groups is 1. The molecule has 0 aliphatic rings. The van der Waals surface area contributed by atoms with Gasteiger partial charge in [0.15, 0.2) is 0 Å². The molecule has 35 heavy (non-hydrogen) atoms. The fraction of sp³-hybridized carbons (Fsp3) is 0.120. The second kappa shape index (κ2) is 11.7. The monoisotopic (exact) mass is 598 g/mol.